The normalized spacial score (nSPS) is 10.2. The average molecular weight is 307 g/mol. The lowest BCUT2D eigenvalue weighted by molar-refractivity contribution is 0.252. The number of rotatable bonds is 6. The summed E-state index contributed by atoms with van der Waals surface area (Å²) in [4.78, 5) is 15.8. The van der Waals surface area contributed by atoms with Gasteiger partial charge in [0.05, 0.1) is 7.11 Å². The molecule has 0 aliphatic carbocycles. The van der Waals surface area contributed by atoms with Gasteiger partial charge in [0.25, 0.3) is 0 Å². The molecule has 0 aliphatic rings. The Labute approximate surface area is 126 Å². The second-order valence-corrected chi connectivity index (χ2v) is 5.28. The smallest absolute Gasteiger partial charge is 0.319 e. The van der Waals surface area contributed by atoms with E-state index in [1.54, 1.807) is 7.11 Å². The first-order valence-electron chi connectivity index (χ1n) is 6.36. The van der Waals surface area contributed by atoms with E-state index in [2.05, 4.69) is 25.8 Å². The van der Waals surface area contributed by atoms with E-state index in [1.807, 2.05) is 25.1 Å². The largest absolute Gasteiger partial charge is 0.497 e. The molecule has 0 fully saturated rings. The number of aromatic amines is 1. The molecule has 3 N–H and O–H groups in total. The van der Waals surface area contributed by atoms with E-state index >= 15 is 0 Å². The van der Waals surface area contributed by atoms with Gasteiger partial charge in [0, 0.05) is 18.0 Å². The maximum atomic E-state index is 11.8. The van der Waals surface area contributed by atoms with Gasteiger partial charge in [-0.15, -0.1) is 0 Å². The van der Waals surface area contributed by atoms with Crippen molar-refractivity contribution >= 4 is 23.5 Å². The van der Waals surface area contributed by atoms with Crippen LogP contribution in [0.2, 0.25) is 0 Å². The highest BCUT2D eigenvalue weighted by Gasteiger charge is 2.05. The number of aryl methyl sites for hydroxylation is 1. The Morgan fingerprint density at radius 3 is 3.00 bits per heavy atom. The second-order valence-electron chi connectivity index (χ2n) is 4.20. The summed E-state index contributed by atoms with van der Waals surface area (Å²) in [6.45, 7) is 2.45. The van der Waals surface area contributed by atoms with Gasteiger partial charge in [0.15, 0.2) is 5.16 Å². The molecule has 1 aromatic heterocycles. The summed E-state index contributed by atoms with van der Waals surface area (Å²) < 4.78 is 5.12. The van der Waals surface area contributed by atoms with Crippen LogP contribution < -0.4 is 15.4 Å². The van der Waals surface area contributed by atoms with E-state index in [0.717, 1.165) is 22.2 Å². The van der Waals surface area contributed by atoms with Crippen molar-refractivity contribution in [1.82, 2.24) is 20.5 Å². The van der Waals surface area contributed by atoms with Gasteiger partial charge in [0.2, 0.25) is 0 Å². The number of carbonyl (C=O) groups is 1. The van der Waals surface area contributed by atoms with Gasteiger partial charge < -0.3 is 15.4 Å². The zero-order chi connectivity index (χ0) is 15.1. The zero-order valence-electron chi connectivity index (χ0n) is 11.8. The number of aromatic nitrogens is 3. The number of hydrogen-bond acceptors (Lipinski definition) is 5. The van der Waals surface area contributed by atoms with Crippen molar-refractivity contribution in [2.75, 3.05) is 24.7 Å². The summed E-state index contributed by atoms with van der Waals surface area (Å²) in [7, 11) is 1.61. The minimum Gasteiger partial charge on any atom is -0.497 e. The Bertz CT molecular complexity index is 588. The van der Waals surface area contributed by atoms with Crippen molar-refractivity contribution in [1.29, 1.82) is 0 Å². The summed E-state index contributed by atoms with van der Waals surface area (Å²) >= 11 is 1.50. The highest BCUT2D eigenvalue weighted by molar-refractivity contribution is 7.99. The molecule has 0 saturated carbocycles. The Morgan fingerprint density at radius 2 is 2.33 bits per heavy atom. The number of H-pyrrole nitrogens is 1. The Balaban J connectivity index is 1.74. The monoisotopic (exact) mass is 307 g/mol. The molecule has 1 aromatic carbocycles. The number of nitrogens with zero attached hydrogens (tertiary/aromatic N) is 2. The van der Waals surface area contributed by atoms with Gasteiger partial charge in [-0.3, -0.25) is 5.10 Å². The number of urea groups is 1. The van der Waals surface area contributed by atoms with Gasteiger partial charge in [-0.1, -0.05) is 11.8 Å². The Hall–Kier alpha value is -2.22. The number of methoxy groups -OCH3 is 1. The highest BCUT2D eigenvalue weighted by atomic mass is 32.2. The third-order valence-corrected chi connectivity index (χ3v) is 3.58. The molecule has 0 spiro atoms. The minimum atomic E-state index is -0.235. The maximum absolute atomic E-state index is 11.8. The number of benzene rings is 1. The van der Waals surface area contributed by atoms with Crippen LogP contribution in [0.3, 0.4) is 0 Å². The molecule has 0 saturated heterocycles. The fraction of sp³-hybridized carbons (Fsp3) is 0.308. The molecular formula is C13H17N5O2S. The number of carbonyl (C=O) groups excluding carboxylic acids is 1. The quantitative estimate of drug-likeness (QED) is 0.561. The molecule has 2 amide bonds. The third-order valence-electron chi connectivity index (χ3n) is 2.70. The molecule has 0 radical (unpaired) electrons. The van der Waals surface area contributed by atoms with Crippen molar-refractivity contribution in [3.8, 4) is 5.75 Å². The van der Waals surface area contributed by atoms with Crippen LogP contribution in [0.1, 0.15) is 5.56 Å². The van der Waals surface area contributed by atoms with E-state index < -0.39 is 0 Å². The summed E-state index contributed by atoms with van der Waals surface area (Å²) in [5.41, 5.74) is 1.71. The van der Waals surface area contributed by atoms with Crippen LogP contribution in [0.5, 0.6) is 5.75 Å². The molecular weight excluding hydrogens is 290 g/mol. The summed E-state index contributed by atoms with van der Waals surface area (Å²) in [6, 6.07) is 5.26. The van der Waals surface area contributed by atoms with Gasteiger partial charge in [0.1, 0.15) is 12.1 Å². The molecule has 21 heavy (non-hydrogen) atoms. The van der Waals surface area contributed by atoms with Crippen molar-refractivity contribution in [2.45, 2.75) is 12.1 Å². The van der Waals surface area contributed by atoms with E-state index in [4.69, 9.17) is 4.74 Å². The van der Waals surface area contributed by atoms with E-state index in [-0.39, 0.29) is 6.03 Å². The number of ether oxygens (including phenoxy) is 1. The first-order chi connectivity index (χ1) is 10.2. The van der Waals surface area contributed by atoms with E-state index in [1.165, 1.54) is 18.1 Å². The fourth-order valence-electron chi connectivity index (χ4n) is 1.65. The lowest BCUT2D eigenvalue weighted by Gasteiger charge is -2.10. The standard InChI is InChI=1S/C13H17N5O2S/c1-9-7-10(20-2)3-4-11(9)17-12(19)14-5-6-21-13-15-8-16-18-13/h3-4,7-8H,5-6H2,1-2H3,(H2,14,17,19)(H,15,16,18). The Kier molecular flexibility index (Phi) is 5.44. The number of hydrogen-bond donors (Lipinski definition) is 3. The van der Waals surface area contributed by atoms with Crippen molar-refractivity contribution in [2.24, 2.45) is 0 Å². The number of amides is 2. The summed E-state index contributed by atoms with van der Waals surface area (Å²) in [5.74, 6) is 1.48. The maximum Gasteiger partial charge on any atom is 0.319 e. The van der Waals surface area contributed by atoms with Crippen LogP contribution in [-0.4, -0.2) is 40.6 Å². The highest BCUT2D eigenvalue weighted by Crippen LogP contribution is 2.20. The van der Waals surface area contributed by atoms with E-state index in [0.29, 0.717) is 12.3 Å². The molecule has 8 heteroatoms. The SMILES string of the molecule is COc1ccc(NC(=O)NCCSc2ncn[nH]2)c(C)c1. The van der Waals surface area contributed by atoms with Crippen LogP contribution in [0.25, 0.3) is 0 Å². The zero-order valence-corrected chi connectivity index (χ0v) is 12.7. The number of thioether (sulfide) groups is 1. The van der Waals surface area contributed by atoms with E-state index in [9.17, 15) is 4.79 Å². The van der Waals surface area contributed by atoms with Crippen LogP contribution >= 0.6 is 11.8 Å². The topological polar surface area (TPSA) is 91.9 Å². The van der Waals surface area contributed by atoms with Crippen LogP contribution in [0.4, 0.5) is 10.5 Å². The predicted molar refractivity (Wildman–Crippen MR) is 81.9 cm³/mol. The first kappa shape index (κ1) is 15.2. The van der Waals surface area contributed by atoms with Crippen LogP contribution in [0.15, 0.2) is 29.7 Å². The lowest BCUT2D eigenvalue weighted by Crippen LogP contribution is -2.30. The van der Waals surface area contributed by atoms with Gasteiger partial charge >= 0.3 is 6.03 Å². The molecule has 1 heterocycles. The number of anilines is 1. The van der Waals surface area contributed by atoms with Crippen LogP contribution in [-0.2, 0) is 0 Å². The third kappa shape index (κ3) is 4.67. The Morgan fingerprint density at radius 1 is 1.48 bits per heavy atom. The van der Waals surface area contributed by atoms with Crippen LogP contribution in [0, 0.1) is 6.92 Å². The minimum absolute atomic E-state index is 0.235. The van der Waals surface area contributed by atoms with Gasteiger partial charge in [-0.05, 0) is 30.7 Å². The van der Waals surface area contributed by atoms with Crippen molar-refractivity contribution in [3.63, 3.8) is 0 Å². The number of nitrogens with one attached hydrogen (secondary N) is 3. The molecule has 0 atom stereocenters. The molecule has 0 aliphatic heterocycles. The molecule has 0 bridgehead atoms. The average Bonchev–Trinajstić information content (AvgIpc) is 2.99. The molecule has 0 unspecified atom stereocenters. The molecule has 112 valence electrons. The van der Waals surface area contributed by atoms with Gasteiger partial charge in [-0.25, -0.2) is 9.78 Å². The van der Waals surface area contributed by atoms with Crippen molar-refractivity contribution in [3.05, 3.63) is 30.1 Å². The predicted octanol–water partition coefficient (Wildman–Crippen LogP) is 2.04. The molecule has 2 rings (SSSR count). The molecule has 2 aromatic rings. The lowest BCUT2D eigenvalue weighted by atomic mass is 10.2. The second kappa shape index (κ2) is 7.53. The first-order valence-corrected chi connectivity index (χ1v) is 7.35. The summed E-state index contributed by atoms with van der Waals surface area (Å²) in [5, 5.41) is 12.8. The van der Waals surface area contributed by atoms with Gasteiger partial charge in [-0.2, -0.15) is 5.10 Å². The molecule has 7 nitrogen and oxygen atoms in total. The van der Waals surface area contributed by atoms with Crippen molar-refractivity contribution < 1.29 is 9.53 Å². The fourth-order valence-corrected chi connectivity index (χ4v) is 2.28. The summed E-state index contributed by atoms with van der Waals surface area (Å²) in [6.07, 6.45) is 1.45.